The molecule has 1 aliphatic carbocycles. The lowest BCUT2D eigenvalue weighted by molar-refractivity contribution is 0.401. The summed E-state index contributed by atoms with van der Waals surface area (Å²) < 4.78 is 5.27. The van der Waals surface area contributed by atoms with Gasteiger partial charge < -0.3 is 10.5 Å². The van der Waals surface area contributed by atoms with E-state index in [-0.39, 0.29) is 0 Å². The van der Waals surface area contributed by atoms with Gasteiger partial charge in [-0.3, -0.25) is 0 Å². The molecule has 0 unspecified atom stereocenters. The van der Waals surface area contributed by atoms with Crippen molar-refractivity contribution in [3.05, 3.63) is 35.7 Å². The van der Waals surface area contributed by atoms with Crippen molar-refractivity contribution in [1.82, 2.24) is 9.97 Å². The number of anilines is 1. The zero-order valence-corrected chi connectivity index (χ0v) is 11.5. The minimum atomic E-state index is 0.376. The number of hydrogen-bond acceptors (Lipinski definition) is 5. The van der Waals surface area contributed by atoms with Gasteiger partial charge in [0.05, 0.1) is 7.11 Å². The molecule has 0 bridgehead atoms. The number of methoxy groups -OCH3 is 1. The summed E-state index contributed by atoms with van der Waals surface area (Å²) in [7, 11) is 1.59. The summed E-state index contributed by atoms with van der Waals surface area (Å²) in [6.45, 7) is 0. The number of nitrogens with zero attached hydrogens (tertiary/aromatic N) is 2. The minimum Gasteiger partial charge on any atom is -0.490 e. The standard InChI is InChI=1S/C14H15N3OS/c1-18-12-13(15)16-8-17-14(12)19-11-6-5-9-3-2-4-10(9)7-11/h5-8H,2-4H2,1H3,(H2,15,16,17). The Morgan fingerprint density at radius 3 is 2.89 bits per heavy atom. The van der Waals surface area contributed by atoms with Crippen LogP contribution in [0.3, 0.4) is 0 Å². The van der Waals surface area contributed by atoms with Gasteiger partial charge in [-0.15, -0.1) is 0 Å². The molecule has 19 heavy (non-hydrogen) atoms. The Labute approximate surface area is 116 Å². The number of ether oxygens (including phenoxy) is 1. The highest BCUT2D eigenvalue weighted by Crippen LogP contribution is 2.37. The van der Waals surface area contributed by atoms with E-state index in [2.05, 4.69) is 28.2 Å². The molecule has 0 atom stereocenters. The Hall–Kier alpha value is -1.75. The van der Waals surface area contributed by atoms with Crippen molar-refractivity contribution in [2.45, 2.75) is 29.2 Å². The van der Waals surface area contributed by atoms with E-state index >= 15 is 0 Å². The highest BCUT2D eigenvalue weighted by Gasteiger charge is 2.14. The Balaban J connectivity index is 1.91. The summed E-state index contributed by atoms with van der Waals surface area (Å²) in [6, 6.07) is 6.58. The summed E-state index contributed by atoms with van der Waals surface area (Å²) in [4.78, 5) is 9.35. The van der Waals surface area contributed by atoms with Gasteiger partial charge in [0.1, 0.15) is 11.4 Å². The maximum Gasteiger partial charge on any atom is 0.193 e. The average molecular weight is 273 g/mol. The molecule has 0 saturated carbocycles. The van der Waals surface area contributed by atoms with Crippen molar-refractivity contribution < 1.29 is 4.74 Å². The Kier molecular flexibility index (Phi) is 3.29. The quantitative estimate of drug-likeness (QED) is 0.871. The highest BCUT2D eigenvalue weighted by atomic mass is 32.2. The zero-order valence-electron chi connectivity index (χ0n) is 10.7. The molecule has 5 heteroatoms. The van der Waals surface area contributed by atoms with E-state index in [1.54, 1.807) is 18.9 Å². The van der Waals surface area contributed by atoms with Crippen molar-refractivity contribution in [3.63, 3.8) is 0 Å². The average Bonchev–Trinajstić information content (AvgIpc) is 2.86. The second kappa shape index (κ2) is 5.09. The van der Waals surface area contributed by atoms with E-state index in [9.17, 15) is 0 Å². The molecule has 2 N–H and O–H groups in total. The molecule has 2 aromatic rings. The van der Waals surface area contributed by atoms with E-state index in [4.69, 9.17) is 10.5 Å². The molecule has 0 fully saturated rings. The summed E-state index contributed by atoms with van der Waals surface area (Å²) in [5, 5.41) is 0.757. The molecule has 1 aliphatic rings. The SMILES string of the molecule is COc1c(N)ncnc1Sc1ccc2c(c1)CCC2. The number of nitrogens with two attached hydrogens (primary N) is 1. The van der Waals surface area contributed by atoms with Crippen LogP contribution in [0.15, 0.2) is 34.4 Å². The third-order valence-electron chi connectivity index (χ3n) is 3.29. The van der Waals surface area contributed by atoms with Crippen LogP contribution in [0.1, 0.15) is 17.5 Å². The first-order chi connectivity index (χ1) is 9.28. The number of hydrogen-bond donors (Lipinski definition) is 1. The van der Waals surface area contributed by atoms with Gasteiger partial charge in [0, 0.05) is 4.90 Å². The molecule has 0 radical (unpaired) electrons. The van der Waals surface area contributed by atoms with Crippen LogP contribution in [0.5, 0.6) is 5.75 Å². The first kappa shape index (κ1) is 12.3. The van der Waals surface area contributed by atoms with Crippen molar-refractivity contribution >= 4 is 17.6 Å². The van der Waals surface area contributed by atoms with Crippen molar-refractivity contribution in [3.8, 4) is 5.75 Å². The summed E-state index contributed by atoms with van der Waals surface area (Å²) >= 11 is 1.56. The maximum atomic E-state index is 5.79. The van der Waals surface area contributed by atoms with Gasteiger partial charge in [-0.1, -0.05) is 17.8 Å². The van der Waals surface area contributed by atoms with Crippen LogP contribution >= 0.6 is 11.8 Å². The largest absolute Gasteiger partial charge is 0.490 e. The monoisotopic (exact) mass is 273 g/mol. The van der Waals surface area contributed by atoms with Crippen LogP contribution in [0.2, 0.25) is 0 Å². The predicted octanol–water partition coefficient (Wildman–Crippen LogP) is 2.71. The molecular formula is C14H15N3OS. The van der Waals surface area contributed by atoms with E-state index in [1.165, 1.54) is 36.7 Å². The molecular weight excluding hydrogens is 258 g/mol. The number of benzene rings is 1. The second-order valence-corrected chi connectivity index (χ2v) is 5.55. The van der Waals surface area contributed by atoms with Crippen LogP contribution in [0, 0.1) is 0 Å². The topological polar surface area (TPSA) is 61.0 Å². The van der Waals surface area contributed by atoms with Crippen LogP contribution in [0.4, 0.5) is 5.82 Å². The third-order valence-corrected chi connectivity index (χ3v) is 4.26. The molecule has 1 heterocycles. The van der Waals surface area contributed by atoms with Crippen LogP contribution in [-0.4, -0.2) is 17.1 Å². The maximum absolute atomic E-state index is 5.79. The van der Waals surface area contributed by atoms with Crippen molar-refractivity contribution in [1.29, 1.82) is 0 Å². The molecule has 0 saturated heterocycles. The smallest absolute Gasteiger partial charge is 0.193 e. The number of rotatable bonds is 3. The lowest BCUT2D eigenvalue weighted by Crippen LogP contribution is -1.99. The second-order valence-electron chi connectivity index (χ2n) is 4.48. The van der Waals surface area contributed by atoms with Gasteiger partial charge in [0.2, 0.25) is 0 Å². The molecule has 1 aromatic heterocycles. The molecule has 0 amide bonds. The number of nitrogen functional groups attached to an aromatic ring is 1. The van der Waals surface area contributed by atoms with Crippen LogP contribution < -0.4 is 10.5 Å². The normalized spacial score (nSPS) is 13.3. The van der Waals surface area contributed by atoms with Gasteiger partial charge in [0.15, 0.2) is 11.6 Å². The van der Waals surface area contributed by atoms with Crippen molar-refractivity contribution in [2.75, 3.05) is 12.8 Å². The molecule has 3 rings (SSSR count). The fourth-order valence-electron chi connectivity index (χ4n) is 2.36. The summed E-state index contributed by atoms with van der Waals surface area (Å²) in [6.07, 6.45) is 5.09. The first-order valence-electron chi connectivity index (χ1n) is 6.22. The third kappa shape index (κ3) is 2.38. The molecule has 98 valence electrons. The highest BCUT2D eigenvalue weighted by molar-refractivity contribution is 7.99. The number of fused-ring (bicyclic) bond motifs is 1. The van der Waals surface area contributed by atoms with E-state index in [1.807, 2.05) is 0 Å². The lowest BCUT2D eigenvalue weighted by Gasteiger charge is -2.09. The van der Waals surface area contributed by atoms with Gasteiger partial charge in [-0.2, -0.15) is 0 Å². The van der Waals surface area contributed by atoms with E-state index < -0.39 is 0 Å². The molecule has 1 aromatic carbocycles. The van der Waals surface area contributed by atoms with Gasteiger partial charge in [0.25, 0.3) is 0 Å². The van der Waals surface area contributed by atoms with Gasteiger partial charge in [-0.25, -0.2) is 9.97 Å². The van der Waals surface area contributed by atoms with E-state index in [0.29, 0.717) is 11.6 Å². The summed E-state index contributed by atoms with van der Waals surface area (Å²) in [5.74, 6) is 0.925. The summed E-state index contributed by atoms with van der Waals surface area (Å²) in [5.41, 5.74) is 8.71. The first-order valence-corrected chi connectivity index (χ1v) is 7.03. The Bertz CT molecular complexity index is 616. The Morgan fingerprint density at radius 1 is 1.21 bits per heavy atom. The number of aryl methyl sites for hydroxylation is 2. The van der Waals surface area contributed by atoms with E-state index in [0.717, 1.165) is 9.92 Å². The number of aromatic nitrogens is 2. The zero-order chi connectivity index (χ0) is 13.2. The molecule has 4 nitrogen and oxygen atoms in total. The van der Waals surface area contributed by atoms with Crippen molar-refractivity contribution in [2.24, 2.45) is 0 Å². The molecule has 0 spiro atoms. The molecule has 0 aliphatic heterocycles. The fraction of sp³-hybridized carbons (Fsp3) is 0.286. The van der Waals surface area contributed by atoms with Crippen LogP contribution in [-0.2, 0) is 12.8 Å². The van der Waals surface area contributed by atoms with Crippen LogP contribution in [0.25, 0.3) is 0 Å². The minimum absolute atomic E-state index is 0.376. The van der Waals surface area contributed by atoms with Gasteiger partial charge in [-0.05, 0) is 42.5 Å². The van der Waals surface area contributed by atoms with Gasteiger partial charge >= 0.3 is 0 Å². The lowest BCUT2D eigenvalue weighted by atomic mass is 10.1. The fourth-order valence-corrected chi connectivity index (χ4v) is 3.30. The predicted molar refractivity (Wildman–Crippen MR) is 75.6 cm³/mol. The Morgan fingerprint density at radius 2 is 2.05 bits per heavy atom.